The summed E-state index contributed by atoms with van der Waals surface area (Å²) in [6.07, 6.45) is 0. The molecule has 1 fully saturated rings. The number of para-hydroxylation sites is 1. The van der Waals surface area contributed by atoms with Crippen LogP contribution in [0.15, 0.2) is 22.7 Å². The van der Waals surface area contributed by atoms with Gasteiger partial charge in [0.1, 0.15) is 0 Å². The standard InChI is InChI=1S/C17H23N5O4/c1-24-13-5-3-4-12(16(13)25-2)17(23)22-8-6-21(7-9-22)11-14-19-15(10-18)26-20-14/h3-5H,6-11,18H2,1-2H3. The highest BCUT2D eigenvalue weighted by Crippen LogP contribution is 2.31. The van der Waals surface area contributed by atoms with Gasteiger partial charge in [0.15, 0.2) is 17.3 Å². The van der Waals surface area contributed by atoms with Gasteiger partial charge in [-0.3, -0.25) is 9.69 Å². The van der Waals surface area contributed by atoms with Crippen molar-refractivity contribution in [3.05, 3.63) is 35.5 Å². The Hall–Kier alpha value is -2.65. The zero-order valence-electron chi connectivity index (χ0n) is 15.0. The topological polar surface area (TPSA) is 107 Å². The number of methoxy groups -OCH3 is 2. The molecule has 0 aliphatic carbocycles. The molecule has 1 aliphatic rings. The van der Waals surface area contributed by atoms with Gasteiger partial charge in [0.05, 0.1) is 32.9 Å². The number of aromatic nitrogens is 2. The molecule has 1 saturated heterocycles. The van der Waals surface area contributed by atoms with Crippen LogP contribution in [-0.4, -0.2) is 66.2 Å². The Bertz CT molecular complexity index is 755. The molecule has 0 radical (unpaired) electrons. The molecule has 9 heteroatoms. The monoisotopic (exact) mass is 361 g/mol. The van der Waals surface area contributed by atoms with Gasteiger partial charge in [0.2, 0.25) is 5.89 Å². The van der Waals surface area contributed by atoms with Crippen LogP contribution >= 0.6 is 0 Å². The SMILES string of the molecule is COc1cccc(C(=O)N2CCN(Cc3noc(CN)n3)CC2)c1OC. The van der Waals surface area contributed by atoms with Crippen molar-refractivity contribution in [2.75, 3.05) is 40.4 Å². The molecule has 0 bridgehead atoms. The molecule has 140 valence electrons. The van der Waals surface area contributed by atoms with Crippen LogP contribution in [0.1, 0.15) is 22.1 Å². The van der Waals surface area contributed by atoms with Gasteiger partial charge in [-0.1, -0.05) is 11.2 Å². The molecule has 2 heterocycles. The maximum absolute atomic E-state index is 12.9. The molecule has 1 aliphatic heterocycles. The number of hydrogen-bond acceptors (Lipinski definition) is 8. The summed E-state index contributed by atoms with van der Waals surface area (Å²) in [6, 6.07) is 5.31. The van der Waals surface area contributed by atoms with E-state index in [4.69, 9.17) is 19.7 Å². The van der Waals surface area contributed by atoms with Crippen LogP contribution in [0.4, 0.5) is 0 Å². The summed E-state index contributed by atoms with van der Waals surface area (Å²) in [5, 5.41) is 3.91. The highest BCUT2D eigenvalue weighted by atomic mass is 16.5. The average Bonchev–Trinajstić information content (AvgIpc) is 3.14. The fraction of sp³-hybridized carbons (Fsp3) is 0.471. The number of rotatable bonds is 6. The van der Waals surface area contributed by atoms with Crippen LogP contribution in [0.2, 0.25) is 0 Å². The molecule has 0 saturated carbocycles. The number of benzene rings is 1. The fourth-order valence-electron chi connectivity index (χ4n) is 2.97. The van der Waals surface area contributed by atoms with Gasteiger partial charge in [-0.15, -0.1) is 0 Å². The van der Waals surface area contributed by atoms with E-state index in [0.717, 1.165) is 13.1 Å². The summed E-state index contributed by atoms with van der Waals surface area (Å²) in [5.41, 5.74) is 5.98. The first-order valence-corrected chi connectivity index (χ1v) is 8.40. The van der Waals surface area contributed by atoms with E-state index in [-0.39, 0.29) is 12.5 Å². The predicted molar refractivity (Wildman–Crippen MR) is 92.9 cm³/mol. The molecule has 26 heavy (non-hydrogen) atoms. The first-order valence-electron chi connectivity index (χ1n) is 8.40. The van der Waals surface area contributed by atoms with Gasteiger partial charge in [0.25, 0.3) is 5.91 Å². The summed E-state index contributed by atoms with van der Waals surface area (Å²) in [6.45, 7) is 3.49. The molecule has 1 aromatic heterocycles. The second kappa shape index (κ2) is 8.15. The summed E-state index contributed by atoms with van der Waals surface area (Å²) < 4.78 is 15.7. The number of hydrogen-bond donors (Lipinski definition) is 1. The Morgan fingerprint density at radius 2 is 2.00 bits per heavy atom. The molecule has 0 spiro atoms. The number of amides is 1. The van der Waals surface area contributed by atoms with E-state index in [1.54, 1.807) is 25.3 Å². The Morgan fingerprint density at radius 1 is 1.23 bits per heavy atom. The maximum Gasteiger partial charge on any atom is 0.257 e. The Morgan fingerprint density at radius 3 is 2.62 bits per heavy atom. The van der Waals surface area contributed by atoms with Crippen LogP contribution in [0.25, 0.3) is 0 Å². The number of piperazine rings is 1. The van der Waals surface area contributed by atoms with Gasteiger partial charge >= 0.3 is 0 Å². The van der Waals surface area contributed by atoms with E-state index in [9.17, 15) is 4.79 Å². The molecule has 1 amide bonds. The number of carbonyl (C=O) groups excluding carboxylic acids is 1. The molecule has 0 unspecified atom stereocenters. The van der Waals surface area contributed by atoms with Crippen molar-refractivity contribution >= 4 is 5.91 Å². The fourth-order valence-corrected chi connectivity index (χ4v) is 2.97. The molecule has 1 aromatic carbocycles. The van der Waals surface area contributed by atoms with E-state index in [2.05, 4.69) is 15.0 Å². The van der Waals surface area contributed by atoms with E-state index < -0.39 is 0 Å². The van der Waals surface area contributed by atoms with Crippen molar-refractivity contribution in [2.24, 2.45) is 5.73 Å². The van der Waals surface area contributed by atoms with Crippen molar-refractivity contribution in [3.63, 3.8) is 0 Å². The third kappa shape index (κ3) is 3.78. The summed E-state index contributed by atoms with van der Waals surface area (Å²) in [5.74, 6) is 1.98. The first-order chi connectivity index (χ1) is 12.7. The third-order valence-corrected chi connectivity index (χ3v) is 4.34. The van der Waals surface area contributed by atoms with Crippen molar-refractivity contribution < 1.29 is 18.8 Å². The lowest BCUT2D eigenvalue weighted by molar-refractivity contribution is 0.0620. The smallest absolute Gasteiger partial charge is 0.257 e. The van der Waals surface area contributed by atoms with E-state index in [1.807, 2.05) is 4.90 Å². The summed E-state index contributed by atoms with van der Waals surface area (Å²) in [4.78, 5) is 21.1. The quantitative estimate of drug-likeness (QED) is 0.793. The Labute approximate surface area is 151 Å². The van der Waals surface area contributed by atoms with Crippen LogP contribution in [0, 0.1) is 0 Å². The Kier molecular flexibility index (Phi) is 5.69. The highest BCUT2D eigenvalue weighted by Gasteiger charge is 2.26. The Balaban J connectivity index is 1.62. The third-order valence-electron chi connectivity index (χ3n) is 4.34. The van der Waals surface area contributed by atoms with Gasteiger partial charge in [-0.25, -0.2) is 0 Å². The number of nitrogens with two attached hydrogens (primary N) is 1. The van der Waals surface area contributed by atoms with E-state index in [0.29, 0.717) is 48.4 Å². The minimum Gasteiger partial charge on any atom is -0.493 e. The zero-order valence-corrected chi connectivity index (χ0v) is 15.0. The minimum absolute atomic E-state index is 0.0645. The first kappa shape index (κ1) is 18.2. The number of carbonyl (C=O) groups is 1. The second-order valence-corrected chi connectivity index (χ2v) is 5.92. The average molecular weight is 361 g/mol. The van der Waals surface area contributed by atoms with Gasteiger partial charge in [-0.05, 0) is 12.1 Å². The lowest BCUT2D eigenvalue weighted by atomic mass is 10.1. The van der Waals surface area contributed by atoms with E-state index in [1.165, 1.54) is 7.11 Å². The molecular weight excluding hydrogens is 338 g/mol. The van der Waals surface area contributed by atoms with Crippen molar-refractivity contribution in [1.82, 2.24) is 19.9 Å². The van der Waals surface area contributed by atoms with Crippen LogP contribution in [-0.2, 0) is 13.1 Å². The van der Waals surface area contributed by atoms with Crippen molar-refractivity contribution in [3.8, 4) is 11.5 Å². The number of nitrogens with zero attached hydrogens (tertiary/aromatic N) is 4. The van der Waals surface area contributed by atoms with Crippen molar-refractivity contribution in [2.45, 2.75) is 13.1 Å². The highest BCUT2D eigenvalue weighted by molar-refractivity contribution is 5.97. The van der Waals surface area contributed by atoms with Crippen molar-refractivity contribution in [1.29, 1.82) is 0 Å². The molecule has 3 rings (SSSR count). The normalized spacial score (nSPS) is 15.1. The van der Waals surface area contributed by atoms with Gasteiger partial charge < -0.3 is 24.6 Å². The lowest BCUT2D eigenvalue weighted by Crippen LogP contribution is -2.48. The molecule has 0 atom stereocenters. The van der Waals surface area contributed by atoms with Gasteiger partial charge in [0, 0.05) is 26.2 Å². The lowest BCUT2D eigenvalue weighted by Gasteiger charge is -2.34. The van der Waals surface area contributed by atoms with E-state index >= 15 is 0 Å². The largest absolute Gasteiger partial charge is 0.493 e. The minimum atomic E-state index is -0.0645. The maximum atomic E-state index is 12.9. The van der Waals surface area contributed by atoms with Crippen LogP contribution in [0.3, 0.4) is 0 Å². The van der Waals surface area contributed by atoms with Crippen LogP contribution < -0.4 is 15.2 Å². The molecule has 2 aromatic rings. The predicted octanol–water partition coefficient (Wildman–Crippen LogP) is 0.504. The zero-order chi connectivity index (χ0) is 18.5. The molecular formula is C17H23N5O4. The second-order valence-electron chi connectivity index (χ2n) is 5.92. The summed E-state index contributed by atoms with van der Waals surface area (Å²) in [7, 11) is 3.09. The van der Waals surface area contributed by atoms with Crippen LogP contribution in [0.5, 0.6) is 11.5 Å². The molecule has 2 N–H and O–H groups in total. The summed E-state index contributed by atoms with van der Waals surface area (Å²) >= 11 is 0. The molecule has 9 nitrogen and oxygen atoms in total. The van der Waals surface area contributed by atoms with Gasteiger partial charge in [-0.2, -0.15) is 4.98 Å². The number of ether oxygens (including phenoxy) is 2.